The molecule has 1 saturated heterocycles. The minimum absolute atomic E-state index is 0.0908. The van der Waals surface area contributed by atoms with Crippen LogP contribution in [-0.2, 0) is 10.0 Å². The molecule has 29 heavy (non-hydrogen) atoms. The lowest BCUT2D eigenvalue weighted by molar-refractivity contribution is 0.356. The first kappa shape index (κ1) is 19.8. The average molecular weight is 417 g/mol. The lowest BCUT2D eigenvalue weighted by Crippen LogP contribution is -2.37. The molecule has 2 heterocycles. The van der Waals surface area contributed by atoms with Crippen molar-refractivity contribution in [2.45, 2.75) is 24.3 Å². The van der Waals surface area contributed by atoms with Gasteiger partial charge in [0.05, 0.1) is 11.3 Å². The standard InChI is InChI=1S/C21H25FN4O2S/c1-15-10-11-24(2)12-13-26(15)16-8-9-19-20(14-16)29(27,28)25(3)21(23-19)17-6-4-5-7-18(17)22/h4-9,14-15H,10-13H2,1-3H3. The number of hydrogen-bond acceptors (Lipinski definition) is 5. The molecule has 8 heteroatoms. The number of nitrogens with zero attached hydrogens (tertiary/aromatic N) is 4. The van der Waals surface area contributed by atoms with E-state index in [1.54, 1.807) is 24.3 Å². The zero-order chi connectivity index (χ0) is 20.8. The molecular weight excluding hydrogens is 391 g/mol. The lowest BCUT2D eigenvalue weighted by Gasteiger charge is -2.31. The number of aliphatic imine (C=N–C) groups is 1. The third-order valence-electron chi connectivity index (χ3n) is 5.74. The van der Waals surface area contributed by atoms with E-state index in [2.05, 4.69) is 28.8 Å². The molecule has 0 saturated carbocycles. The highest BCUT2D eigenvalue weighted by molar-refractivity contribution is 7.90. The number of amidine groups is 1. The molecular formula is C21H25FN4O2S. The number of sulfonamides is 1. The molecule has 2 aromatic rings. The van der Waals surface area contributed by atoms with Gasteiger partial charge in [-0.15, -0.1) is 0 Å². The van der Waals surface area contributed by atoms with Crippen LogP contribution in [0.15, 0.2) is 52.4 Å². The van der Waals surface area contributed by atoms with Crippen LogP contribution in [0.2, 0.25) is 0 Å². The Balaban J connectivity index is 1.79. The Hall–Kier alpha value is -2.45. The number of likely N-dealkylation sites (N-methyl/N-ethyl adjacent to an activating group) is 1. The molecule has 0 radical (unpaired) electrons. The van der Waals surface area contributed by atoms with Gasteiger partial charge in [-0.3, -0.25) is 4.31 Å². The third-order valence-corrected chi connectivity index (χ3v) is 7.51. The van der Waals surface area contributed by atoms with Gasteiger partial charge in [-0.2, -0.15) is 0 Å². The Morgan fingerprint density at radius 1 is 1.07 bits per heavy atom. The maximum Gasteiger partial charge on any atom is 0.267 e. The van der Waals surface area contributed by atoms with E-state index in [-0.39, 0.29) is 16.3 Å². The zero-order valence-electron chi connectivity index (χ0n) is 16.8. The van der Waals surface area contributed by atoms with E-state index < -0.39 is 15.8 Å². The Morgan fingerprint density at radius 3 is 2.59 bits per heavy atom. The van der Waals surface area contributed by atoms with Gasteiger partial charge in [-0.05, 0) is 57.3 Å². The largest absolute Gasteiger partial charge is 0.367 e. The molecule has 0 bridgehead atoms. The Labute approximate surface area is 171 Å². The SMILES string of the molecule is CC1CCN(C)CCN1c1ccc2c(c1)S(=O)(=O)N(C)C(c1ccccc1F)=N2. The number of fused-ring (bicyclic) bond motifs is 1. The fraction of sp³-hybridized carbons (Fsp3) is 0.381. The van der Waals surface area contributed by atoms with Crippen LogP contribution in [0.25, 0.3) is 0 Å². The van der Waals surface area contributed by atoms with Gasteiger partial charge in [0.25, 0.3) is 10.0 Å². The van der Waals surface area contributed by atoms with Crippen molar-refractivity contribution >= 4 is 27.2 Å². The minimum Gasteiger partial charge on any atom is -0.367 e. The summed E-state index contributed by atoms with van der Waals surface area (Å²) >= 11 is 0. The molecule has 2 aliphatic heterocycles. The predicted octanol–water partition coefficient (Wildman–Crippen LogP) is 3.07. The average Bonchev–Trinajstić information content (AvgIpc) is 2.86. The van der Waals surface area contributed by atoms with Crippen molar-refractivity contribution in [2.24, 2.45) is 4.99 Å². The van der Waals surface area contributed by atoms with E-state index in [9.17, 15) is 12.8 Å². The molecule has 0 amide bonds. The van der Waals surface area contributed by atoms with Crippen molar-refractivity contribution in [3.8, 4) is 0 Å². The second-order valence-electron chi connectivity index (χ2n) is 7.67. The molecule has 1 unspecified atom stereocenters. The summed E-state index contributed by atoms with van der Waals surface area (Å²) in [5, 5.41) is 0. The van der Waals surface area contributed by atoms with E-state index in [0.717, 1.165) is 36.0 Å². The van der Waals surface area contributed by atoms with Crippen molar-refractivity contribution in [1.29, 1.82) is 0 Å². The van der Waals surface area contributed by atoms with Crippen LogP contribution < -0.4 is 4.90 Å². The molecule has 1 atom stereocenters. The van der Waals surface area contributed by atoms with Crippen molar-refractivity contribution in [1.82, 2.24) is 9.21 Å². The Bertz CT molecular complexity index is 1070. The third kappa shape index (κ3) is 3.51. The first-order valence-electron chi connectivity index (χ1n) is 9.71. The second-order valence-corrected chi connectivity index (χ2v) is 9.61. The molecule has 0 aliphatic carbocycles. The summed E-state index contributed by atoms with van der Waals surface area (Å²) in [6.07, 6.45) is 1.01. The van der Waals surface area contributed by atoms with E-state index in [4.69, 9.17) is 0 Å². The van der Waals surface area contributed by atoms with Gasteiger partial charge in [0, 0.05) is 31.9 Å². The summed E-state index contributed by atoms with van der Waals surface area (Å²) in [6.45, 7) is 4.92. The van der Waals surface area contributed by atoms with Crippen LogP contribution in [0, 0.1) is 5.82 Å². The van der Waals surface area contributed by atoms with Crippen molar-refractivity contribution in [2.75, 3.05) is 38.6 Å². The van der Waals surface area contributed by atoms with E-state index in [1.807, 2.05) is 6.07 Å². The molecule has 0 aromatic heterocycles. The second kappa shape index (κ2) is 7.42. The van der Waals surface area contributed by atoms with Crippen molar-refractivity contribution in [3.05, 3.63) is 53.8 Å². The van der Waals surface area contributed by atoms with Crippen LogP contribution in [0.5, 0.6) is 0 Å². The first-order valence-corrected chi connectivity index (χ1v) is 11.1. The maximum absolute atomic E-state index is 14.3. The molecule has 0 N–H and O–H groups in total. The van der Waals surface area contributed by atoms with Crippen LogP contribution in [0.3, 0.4) is 0 Å². The van der Waals surface area contributed by atoms with Gasteiger partial charge < -0.3 is 9.80 Å². The number of halogens is 1. The van der Waals surface area contributed by atoms with E-state index in [1.165, 1.54) is 19.2 Å². The molecule has 6 nitrogen and oxygen atoms in total. The van der Waals surface area contributed by atoms with Crippen LogP contribution >= 0.6 is 0 Å². The van der Waals surface area contributed by atoms with Crippen molar-refractivity contribution in [3.63, 3.8) is 0 Å². The van der Waals surface area contributed by atoms with E-state index >= 15 is 0 Å². The van der Waals surface area contributed by atoms with Crippen LogP contribution in [0.1, 0.15) is 18.9 Å². The summed E-state index contributed by atoms with van der Waals surface area (Å²) < 4.78 is 41.8. The summed E-state index contributed by atoms with van der Waals surface area (Å²) in [5.74, 6) is -0.413. The molecule has 4 rings (SSSR count). The van der Waals surface area contributed by atoms with Crippen molar-refractivity contribution < 1.29 is 12.8 Å². The molecule has 2 aliphatic rings. The Morgan fingerprint density at radius 2 is 1.83 bits per heavy atom. The Kier molecular flexibility index (Phi) is 5.08. The number of benzene rings is 2. The zero-order valence-corrected chi connectivity index (χ0v) is 17.7. The molecule has 2 aromatic carbocycles. The highest BCUT2D eigenvalue weighted by atomic mass is 32.2. The normalized spacial score (nSPS) is 22.1. The van der Waals surface area contributed by atoms with Crippen LogP contribution in [-0.4, -0.2) is 63.2 Å². The fourth-order valence-corrected chi connectivity index (χ4v) is 5.17. The highest BCUT2D eigenvalue weighted by Gasteiger charge is 2.34. The number of anilines is 1. The van der Waals surface area contributed by atoms with Gasteiger partial charge >= 0.3 is 0 Å². The summed E-state index contributed by atoms with van der Waals surface area (Å²) in [6, 6.07) is 11.7. The smallest absolute Gasteiger partial charge is 0.267 e. The van der Waals surface area contributed by atoms with Gasteiger partial charge in [0.2, 0.25) is 0 Å². The fourth-order valence-electron chi connectivity index (χ4n) is 3.86. The van der Waals surface area contributed by atoms with Gasteiger partial charge in [0.1, 0.15) is 10.7 Å². The summed E-state index contributed by atoms with van der Waals surface area (Å²) in [7, 11) is -0.319. The summed E-state index contributed by atoms with van der Waals surface area (Å²) in [4.78, 5) is 9.17. The topological polar surface area (TPSA) is 56.2 Å². The molecule has 154 valence electrons. The summed E-state index contributed by atoms with van der Waals surface area (Å²) in [5.41, 5.74) is 1.37. The van der Waals surface area contributed by atoms with Gasteiger partial charge in [0.15, 0.2) is 5.84 Å². The predicted molar refractivity (Wildman–Crippen MR) is 113 cm³/mol. The quantitative estimate of drug-likeness (QED) is 0.755. The van der Waals surface area contributed by atoms with E-state index in [0.29, 0.717) is 11.7 Å². The van der Waals surface area contributed by atoms with Gasteiger partial charge in [-0.25, -0.2) is 17.8 Å². The van der Waals surface area contributed by atoms with Crippen LogP contribution in [0.4, 0.5) is 15.8 Å². The number of rotatable bonds is 2. The monoisotopic (exact) mass is 416 g/mol. The minimum atomic E-state index is -3.83. The molecule has 0 spiro atoms. The maximum atomic E-state index is 14.3. The lowest BCUT2D eigenvalue weighted by atomic mass is 10.1. The molecule has 1 fully saturated rings. The van der Waals surface area contributed by atoms with Gasteiger partial charge in [-0.1, -0.05) is 12.1 Å². The first-order chi connectivity index (χ1) is 13.8. The number of hydrogen-bond donors (Lipinski definition) is 0. The highest BCUT2D eigenvalue weighted by Crippen LogP contribution is 2.37.